The monoisotopic (exact) mass is 343 g/mol. The Morgan fingerprint density at radius 1 is 1.28 bits per heavy atom. The Kier molecular flexibility index (Phi) is 5.18. The van der Waals surface area contributed by atoms with Crippen molar-refractivity contribution in [2.24, 2.45) is 0 Å². The zero-order valence-corrected chi connectivity index (χ0v) is 14.8. The van der Waals surface area contributed by atoms with Gasteiger partial charge in [-0.15, -0.1) is 0 Å². The standard InChI is InChI=1S/C19H25N3O3/c1-3-4-9-22-18(24)15-6-5-13(11-16(15)19(22)25)17(23)21-14-7-8-20-12(2)10-14/h5-6,11-12,14,20H,3-4,7-10H2,1-2H3,(H,21,23). The molecule has 1 aromatic rings. The number of carbonyl (C=O) groups excluding carboxylic acids is 3. The molecule has 0 aliphatic carbocycles. The van der Waals surface area contributed by atoms with Crippen molar-refractivity contribution in [1.82, 2.24) is 15.5 Å². The summed E-state index contributed by atoms with van der Waals surface area (Å²) in [7, 11) is 0. The van der Waals surface area contributed by atoms with Gasteiger partial charge in [0.05, 0.1) is 11.1 Å². The van der Waals surface area contributed by atoms with Crippen LogP contribution >= 0.6 is 0 Å². The second kappa shape index (κ2) is 7.35. The first-order valence-corrected chi connectivity index (χ1v) is 9.05. The Labute approximate surface area is 148 Å². The smallest absolute Gasteiger partial charge is 0.261 e. The summed E-state index contributed by atoms with van der Waals surface area (Å²) in [6, 6.07) is 5.30. The van der Waals surface area contributed by atoms with E-state index in [4.69, 9.17) is 0 Å². The Morgan fingerprint density at radius 2 is 2.04 bits per heavy atom. The zero-order chi connectivity index (χ0) is 18.0. The lowest BCUT2D eigenvalue weighted by Gasteiger charge is -2.28. The number of fused-ring (bicyclic) bond motifs is 1. The minimum atomic E-state index is -0.293. The van der Waals surface area contributed by atoms with Gasteiger partial charge < -0.3 is 10.6 Å². The van der Waals surface area contributed by atoms with Crippen molar-refractivity contribution >= 4 is 17.7 Å². The van der Waals surface area contributed by atoms with Gasteiger partial charge in [0.2, 0.25) is 0 Å². The fraction of sp³-hybridized carbons (Fsp3) is 0.526. The molecular formula is C19H25N3O3. The van der Waals surface area contributed by atoms with Crippen molar-refractivity contribution in [3.05, 3.63) is 34.9 Å². The lowest BCUT2D eigenvalue weighted by Crippen LogP contribution is -2.46. The van der Waals surface area contributed by atoms with Gasteiger partial charge in [-0.25, -0.2) is 0 Å². The first-order valence-electron chi connectivity index (χ1n) is 9.05. The van der Waals surface area contributed by atoms with Crippen LogP contribution in [-0.2, 0) is 0 Å². The number of hydrogen-bond acceptors (Lipinski definition) is 4. The van der Waals surface area contributed by atoms with Crippen molar-refractivity contribution in [1.29, 1.82) is 0 Å². The molecule has 3 rings (SSSR count). The topological polar surface area (TPSA) is 78.5 Å². The summed E-state index contributed by atoms with van der Waals surface area (Å²) in [6.45, 7) is 5.43. The molecule has 25 heavy (non-hydrogen) atoms. The van der Waals surface area contributed by atoms with E-state index in [0.29, 0.717) is 29.3 Å². The predicted octanol–water partition coefficient (Wildman–Crippen LogP) is 1.95. The number of imide groups is 1. The van der Waals surface area contributed by atoms with Gasteiger partial charge in [-0.05, 0) is 50.9 Å². The van der Waals surface area contributed by atoms with E-state index in [1.165, 1.54) is 4.90 Å². The summed E-state index contributed by atoms with van der Waals surface area (Å²) in [4.78, 5) is 38.6. The number of piperidine rings is 1. The zero-order valence-electron chi connectivity index (χ0n) is 14.8. The highest BCUT2D eigenvalue weighted by Crippen LogP contribution is 2.24. The molecule has 0 aromatic heterocycles. The largest absolute Gasteiger partial charge is 0.349 e. The van der Waals surface area contributed by atoms with Crippen LogP contribution in [0, 0.1) is 0 Å². The van der Waals surface area contributed by atoms with E-state index >= 15 is 0 Å². The molecule has 0 bridgehead atoms. The molecule has 0 saturated carbocycles. The van der Waals surface area contributed by atoms with Crippen molar-refractivity contribution in [2.45, 2.75) is 51.6 Å². The third-order valence-corrected chi connectivity index (χ3v) is 4.93. The quantitative estimate of drug-likeness (QED) is 0.801. The molecule has 6 nitrogen and oxygen atoms in total. The highest BCUT2D eigenvalue weighted by atomic mass is 16.2. The second-order valence-corrected chi connectivity index (χ2v) is 6.93. The minimum Gasteiger partial charge on any atom is -0.349 e. The molecule has 2 unspecified atom stereocenters. The van der Waals surface area contributed by atoms with E-state index < -0.39 is 0 Å². The molecular weight excluding hydrogens is 318 g/mol. The molecule has 2 heterocycles. The van der Waals surface area contributed by atoms with Crippen LogP contribution in [0.15, 0.2) is 18.2 Å². The normalized spacial score (nSPS) is 22.9. The van der Waals surface area contributed by atoms with Gasteiger partial charge in [-0.2, -0.15) is 0 Å². The number of nitrogens with zero attached hydrogens (tertiary/aromatic N) is 1. The summed E-state index contributed by atoms with van der Waals surface area (Å²) in [5.74, 6) is -0.736. The van der Waals surface area contributed by atoms with E-state index in [0.717, 1.165) is 32.2 Å². The molecule has 3 amide bonds. The van der Waals surface area contributed by atoms with Crippen LogP contribution < -0.4 is 10.6 Å². The summed E-state index contributed by atoms with van der Waals surface area (Å²) in [5, 5.41) is 6.39. The first kappa shape index (κ1) is 17.6. The number of unbranched alkanes of at least 4 members (excludes halogenated alkanes) is 1. The van der Waals surface area contributed by atoms with Crippen LogP contribution in [0.4, 0.5) is 0 Å². The second-order valence-electron chi connectivity index (χ2n) is 6.93. The fourth-order valence-electron chi connectivity index (χ4n) is 3.48. The van der Waals surface area contributed by atoms with Gasteiger partial charge in [0, 0.05) is 24.2 Å². The molecule has 134 valence electrons. The maximum absolute atomic E-state index is 12.5. The number of nitrogens with one attached hydrogen (secondary N) is 2. The molecule has 0 radical (unpaired) electrons. The van der Waals surface area contributed by atoms with Gasteiger partial charge in [-0.1, -0.05) is 13.3 Å². The summed E-state index contributed by atoms with van der Waals surface area (Å²) >= 11 is 0. The third-order valence-electron chi connectivity index (χ3n) is 4.93. The third kappa shape index (κ3) is 3.58. The van der Waals surface area contributed by atoms with Gasteiger partial charge in [0.25, 0.3) is 17.7 Å². The first-order chi connectivity index (χ1) is 12.0. The fourth-order valence-corrected chi connectivity index (χ4v) is 3.48. The molecule has 2 aliphatic heterocycles. The Hall–Kier alpha value is -2.21. The number of amides is 3. The molecule has 0 spiro atoms. The van der Waals surface area contributed by atoms with E-state index in [-0.39, 0.29) is 23.8 Å². The number of benzene rings is 1. The van der Waals surface area contributed by atoms with E-state index in [2.05, 4.69) is 17.6 Å². The maximum Gasteiger partial charge on any atom is 0.261 e. The molecule has 1 fully saturated rings. The summed E-state index contributed by atoms with van der Waals surface area (Å²) in [6.07, 6.45) is 3.48. The molecule has 2 aliphatic rings. The van der Waals surface area contributed by atoms with E-state index in [1.807, 2.05) is 6.92 Å². The maximum atomic E-state index is 12.5. The van der Waals surface area contributed by atoms with Crippen LogP contribution in [0.3, 0.4) is 0 Å². The Balaban J connectivity index is 1.74. The average Bonchev–Trinajstić information content (AvgIpc) is 2.83. The summed E-state index contributed by atoms with van der Waals surface area (Å²) < 4.78 is 0. The molecule has 1 saturated heterocycles. The van der Waals surface area contributed by atoms with Gasteiger partial charge >= 0.3 is 0 Å². The highest BCUT2D eigenvalue weighted by molar-refractivity contribution is 6.22. The van der Waals surface area contributed by atoms with Crippen molar-refractivity contribution in [3.63, 3.8) is 0 Å². The van der Waals surface area contributed by atoms with Gasteiger partial charge in [0.1, 0.15) is 0 Å². The highest BCUT2D eigenvalue weighted by Gasteiger charge is 2.35. The van der Waals surface area contributed by atoms with E-state index in [1.54, 1.807) is 18.2 Å². The lowest BCUT2D eigenvalue weighted by molar-refractivity contribution is 0.0652. The number of hydrogen-bond donors (Lipinski definition) is 2. The van der Waals surface area contributed by atoms with E-state index in [9.17, 15) is 14.4 Å². The SMILES string of the molecule is CCCCN1C(=O)c2ccc(C(=O)NC3CCNC(C)C3)cc2C1=O. The van der Waals surface area contributed by atoms with Crippen LogP contribution in [0.25, 0.3) is 0 Å². The van der Waals surface area contributed by atoms with Crippen LogP contribution in [0.2, 0.25) is 0 Å². The molecule has 2 N–H and O–H groups in total. The summed E-state index contributed by atoms with van der Waals surface area (Å²) in [5.41, 5.74) is 1.17. The van der Waals surface area contributed by atoms with Crippen LogP contribution in [-0.4, -0.2) is 47.8 Å². The Morgan fingerprint density at radius 3 is 2.76 bits per heavy atom. The molecule has 1 aromatic carbocycles. The number of carbonyl (C=O) groups is 3. The number of rotatable bonds is 5. The Bertz CT molecular complexity index is 701. The van der Waals surface area contributed by atoms with Crippen molar-refractivity contribution in [2.75, 3.05) is 13.1 Å². The van der Waals surface area contributed by atoms with Crippen molar-refractivity contribution < 1.29 is 14.4 Å². The lowest BCUT2D eigenvalue weighted by atomic mass is 9.99. The minimum absolute atomic E-state index is 0.135. The van der Waals surface area contributed by atoms with Crippen LogP contribution in [0.1, 0.15) is 70.6 Å². The predicted molar refractivity (Wildman–Crippen MR) is 94.7 cm³/mol. The molecule has 6 heteroatoms. The van der Waals surface area contributed by atoms with Gasteiger partial charge in [0.15, 0.2) is 0 Å². The van der Waals surface area contributed by atoms with Gasteiger partial charge in [-0.3, -0.25) is 19.3 Å². The average molecular weight is 343 g/mol. The van der Waals surface area contributed by atoms with Crippen molar-refractivity contribution in [3.8, 4) is 0 Å². The molecule has 2 atom stereocenters. The van der Waals surface area contributed by atoms with Crippen LogP contribution in [0.5, 0.6) is 0 Å².